The van der Waals surface area contributed by atoms with Crippen molar-refractivity contribution in [2.45, 2.75) is 6.92 Å². The molecule has 0 saturated heterocycles. The molecule has 144 valence electrons. The fourth-order valence-corrected chi connectivity index (χ4v) is 3.63. The van der Waals surface area contributed by atoms with Gasteiger partial charge in [0, 0.05) is 52.4 Å². The summed E-state index contributed by atoms with van der Waals surface area (Å²) in [4.78, 5) is 27.2. The van der Waals surface area contributed by atoms with Crippen LogP contribution in [-0.2, 0) is 4.79 Å². The van der Waals surface area contributed by atoms with Crippen molar-refractivity contribution in [3.63, 3.8) is 0 Å². The van der Waals surface area contributed by atoms with E-state index in [9.17, 15) is 4.79 Å². The number of aromatic nitrogens is 4. The van der Waals surface area contributed by atoms with Crippen LogP contribution < -0.4 is 5.32 Å². The molecule has 0 fully saturated rings. The zero-order chi connectivity index (χ0) is 20.5. The molecule has 30 heavy (non-hydrogen) atoms. The molecule has 0 bridgehead atoms. The van der Waals surface area contributed by atoms with E-state index in [0.717, 1.165) is 44.3 Å². The fourth-order valence-electron chi connectivity index (χ4n) is 3.63. The number of nitrogens with zero attached hydrogens (tertiary/aromatic N) is 2. The molecule has 0 spiro atoms. The molecule has 1 amide bonds. The smallest absolute Gasteiger partial charge is 0.300 e. The number of hydrogen-bond donors (Lipinski definition) is 3. The van der Waals surface area contributed by atoms with Crippen LogP contribution in [0.4, 0.5) is 5.69 Å². The molecule has 3 N–H and O–H groups in total. The van der Waals surface area contributed by atoms with Gasteiger partial charge in [0.15, 0.2) is 0 Å². The predicted octanol–water partition coefficient (Wildman–Crippen LogP) is 4.74. The highest BCUT2D eigenvalue weighted by atomic mass is 16.1. The number of nitrogens with one attached hydrogen (secondary N) is 3. The number of pyridine rings is 2. The second-order valence-electron chi connectivity index (χ2n) is 6.83. The summed E-state index contributed by atoms with van der Waals surface area (Å²) in [7, 11) is 0. The van der Waals surface area contributed by atoms with Crippen molar-refractivity contribution in [1.82, 2.24) is 19.9 Å². The van der Waals surface area contributed by atoms with Gasteiger partial charge in [0.2, 0.25) is 0 Å². The van der Waals surface area contributed by atoms with E-state index in [1.165, 1.54) is 0 Å². The minimum Gasteiger partial charge on any atom is -0.346 e. The first kappa shape index (κ1) is 17.7. The fraction of sp³-hybridized carbons (Fsp3) is 0.0417. The third-order valence-corrected chi connectivity index (χ3v) is 4.97. The standard InChI is InChI=1S/C24H17N5O/c1-2-4-22(30)29-17-6-3-5-15(11-17)16-12-20-21(14-28-24(20)27-13-16)18-7-9-25-23-19(18)8-10-26-23/h3,5-14H,1H3,(H,25,26)(H,27,28)(H,29,30). The Morgan fingerprint density at radius 3 is 2.77 bits per heavy atom. The Bertz CT molecular complexity index is 1470. The third-order valence-electron chi connectivity index (χ3n) is 4.97. The van der Waals surface area contributed by atoms with E-state index < -0.39 is 0 Å². The Balaban J connectivity index is 1.59. The number of anilines is 1. The SMILES string of the molecule is CC#CC(=O)Nc1cccc(-c2cnc3[nH]cc(-c4ccnc5[nH]ccc45)c3c2)c1. The van der Waals surface area contributed by atoms with Crippen LogP contribution >= 0.6 is 0 Å². The number of carbonyl (C=O) groups excluding carboxylic acids is 1. The summed E-state index contributed by atoms with van der Waals surface area (Å²) >= 11 is 0. The predicted molar refractivity (Wildman–Crippen MR) is 119 cm³/mol. The average Bonchev–Trinajstić information content (AvgIpc) is 3.40. The molecule has 0 aliphatic carbocycles. The van der Waals surface area contributed by atoms with Gasteiger partial charge in [-0.1, -0.05) is 18.1 Å². The lowest BCUT2D eigenvalue weighted by molar-refractivity contribution is -0.111. The minimum atomic E-state index is -0.329. The summed E-state index contributed by atoms with van der Waals surface area (Å²) in [5, 5.41) is 4.87. The van der Waals surface area contributed by atoms with Crippen LogP contribution in [0.5, 0.6) is 0 Å². The number of carbonyl (C=O) groups is 1. The lowest BCUT2D eigenvalue weighted by Crippen LogP contribution is -2.08. The van der Waals surface area contributed by atoms with Gasteiger partial charge >= 0.3 is 0 Å². The molecule has 5 rings (SSSR count). The summed E-state index contributed by atoms with van der Waals surface area (Å²) in [6.45, 7) is 1.63. The Kier molecular flexibility index (Phi) is 4.26. The van der Waals surface area contributed by atoms with Crippen molar-refractivity contribution in [1.29, 1.82) is 0 Å². The quantitative estimate of drug-likeness (QED) is 0.389. The van der Waals surface area contributed by atoms with Gasteiger partial charge in [-0.2, -0.15) is 0 Å². The molecule has 0 atom stereocenters. The molecule has 0 aliphatic rings. The maximum Gasteiger partial charge on any atom is 0.300 e. The Morgan fingerprint density at radius 1 is 0.967 bits per heavy atom. The van der Waals surface area contributed by atoms with Crippen LogP contribution in [-0.4, -0.2) is 25.8 Å². The van der Waals surface area contributed by atoms with E-state index in [-0.39, 0.29) is 5.91 Å². The van der Waals surface area contributed by atoms with Crippen molar-refractivity contribution in [3.8, 4) is 34.1 Å². The first-order valence-corrected chi connectivity index (χ1v) is 9.47. The highest BCUT2D eigenvalue weighted by Crippen LogP contribution is 2.34. The van der Waals surface area contributed by atoms with Gasteiger partial charge in [0.25, 0.3) is 5.91 Å². The number of rotatable bonds is 3. The van der Waals surface area contributed by atoms with Crippen molar-refractivity contribution in [3.05, 3.63) is 67.3 Å². The average molecular weight is 391 g/mol. The minimum absolute atomic E-state index is 0.329. The van der Waals surface area contributed by atoms with E-state index in [1.807, 2.05) is 55.0 Å². The van der Waals surface area contributed by atoms with Crippen molar-refractivity contribution >= 4 is 33.7 Å². The van der Waals surface area contributed by atoms with Crippen molar-refractivity contribution in [2.75, 3.05) is 5.32 Å². The van der Waals surface area contributed by atoms with E-state index in [1.54, 1.807) is 13.1 Å². The summed E-state index contributed by atoms with van der Waals surface area (Å²) in [6.07, 6.45) is 7.50. The molecule has 5 aromatic rings. The molecule has 0 aliphatic heterocycles. The number of fused-ring (bicyclic) bond motifs is 2. The van der Waals surface area contributed by atoms with Crippen LogP contribution in [0.3, 0.4) is 0 Å². The summed E-state index contributed by atoms with van der Waals surface area (Å²) in [6, 6.07) is 13.8. The van der Waals surface area contributed by atoms with Gasteiger partial charge in [0.1, 0.15) is 11.3 Å². The molecule has 6 nitrogen and oxygen atoms in total. The number of H-pyrrole nitrogens is 2. The van der Waals surface area contributed by atoms with E-state index in [0.29, 0.717) is 5.69 Å². The van der Waals surface area contributed by atoms with E-state index >= 15 is 0 Å². The van der Waals surface area contributed by atoms with Crippen molar-refractivity contribution < 1.29 is 4.79 Å². The molecular weight excluding hydrogens is 374 g/mol. The van der Waals surface area contributed by atoms with Crippen LogP contribution in [0.25, 0.3) is 44.3 Å². The largest absolute Gasteiger partial charge is 0.346 e. The lowest BCUT2D eigenvalue weighted by atomic mass is 10.0. The number of aromatic amines is 2. The first-order valence-electron chi connectivity index (χ1n) is 9.47. The van der Waals surface area contributed by atoms with Crippen LogP contribution in [0.2, 0.25) is 0 Å². The molecule has 4 heterocycles. The number of hydrogen-bond acceptors (Lipinski definition) is 3. The molecular formula is C24H17N5O. The van der Waals surface area contributed by atoms with Gasteiger partial charge in [-0.25, -0.2) is 9.97 Å². The third kappa shape index (κ3) is 3.09. The molecule has 0 radical (unpaired) electrons. The Hall–Kier alpha value is -4.37. The van der Waals surface area contributed by atoms with Gasteiger partial charge in [0.05, 0.1) is 0 Å². The van der Waals surface area contributed by atoms with Crippen LogP contribution in [0.15, 0.2) is 67.3 Å². The number of benzene rings is 1. The molecule has 6 heteroatoms. The molecule has 4 aromatic heterocycles. The Labute approximate surface area is 172 Å². The monoisotopic (exact) mass is 391 g/mol. The second-order valence-corrected chi connectivity index (χ2v) is 6.83. The topological polar surface area (TPSA) is 86.5 Å². The molecule has 0 unspecified atom stereocenters. The lowest BCUT2D eigenvalue weighted by Gasteiger charge is -2.07. The summed E-state index contributed by atoms with van der Waals surface area (Å²) < 4.78 is 0. The maximum atomic E-state index is 11.8. The summed E-state index contributed by atoms with van der Waals surface area (Å²) in [5.74, 6) is 4.76. The second kappa shape index (κ2) is 7.22. The highest BCUT2D eigenvalue weighted by Gasteiger charge is 2.12. The van der Waals surface area contributed by atoms with Gasteiger partial charge in [-0.05, 0) is 54.3 Å². The van der Waals surface area contributed by atoms with Crippen molar-refractivity contribution in [2.24, 2.45) is 0 Å². The van der Waals surface area contributed by atoms with Gasteiger partial charge < -0.3 is 15.3 Å². The normalized spacial score (nSPS) is 10.7. The highest BCUT2D eigenvalue weighted by molar-refractivity contribution is 6.05. The van der Waals surface area contributed by atoms with E-state index in [4.69, 9.17) is 0 Å². The zero-order valence-corrected chi connectivity index (χ0v) is 16.2. The Morgan fingerprint density at radius 2 is 1.87 bits per heavy atom. The van der Waals surface area contributed by atoms with Crippen LogP contribution in [0, 0.1) is 11.8 Å². The zero-order valence-electron chi connectivity index (χ0n) is 16.2. The molecule has 0 saturated carbocycles. The summed E-state index contributed by atoms with van der Waals surface area (Å²) in [5.41, 5.74) is 6.43. The number of amides is 1. The van der Waals surface area contributed by atoms with Crippen LogP contribution in [0.1, 0.15) is 6.92 Å². The van der Waals surface area contributed by atoms with Gasteiger partial charge in [-0.15, -0.1) is 0 Å². The molecule has 1 aromatic carbocycles. The maximum absolute atomic E-state index is 11.8. The first-order chi connectivity index (χ1) is 14.7. The van der Waals surface area contributed by atoms with Gasteiger partial charge in [-0.3, -0.25) is 4.79 Å². The van der Waals surface area contributed by atoms with E-state index in [2.05, 4.69) is 43.2 Å².